The Morgan fingerprint density at radius 2 is 1.86 bits per heavy atom. The number of rotatable bonds is 6. The number of hydrogen-bond acceptors (Lipinski definition) is 4. The van der Waals surface area contributed by atoms with Gasteiger partial charge in [0.25, 0.3) is 15.9 Å². The molecule has 0 atom stereocenters. The van der Waals surface area contributed by atoms with Gasteiger partial charge < -0.3 is 5.32 Å². The number of nitrogens with one attached hydrogen (secondary N) is 1. The van der Waals surface area contributed by atoms with E-state index in [2.05, 4.69) is 5.32 Å². The normalized spacial score (nSPS) is 11.2. The number of amides is 1. The molecule has 0 bridgehead atoms. The molecule has 0 spiro atoms. The van der Waals surface area contributed by atoms with Crippen LogP contribution in [0.2, 0.25) is 0 Å². The number of hydrogen-bond donors (Lipinski definition) is 1. The van der Waals surface area contributed by atoms with E-state index < -0.39 is 21.7 Å². The molecule has 8 heteroatoms. The summed E-state index contributed by atoms with van der Waals surface area (Å²) >= 11 is 1.05. The van der Waals surface area contributed by atoms with Crippen LogP contribution < -0.4 is 9.62 Å². The standard InChI is InChI=1S/C20H19FN2O3S2/c1-3-14-5-4-6-16(13-14)22-20(24)19-18(11-12-27-19)28(25,26)23(2)17-9-7-15(21)8-10-17/h4-13H,3H2,1-2H3,(H,22,24). The molecule has 0 aliphatic heterocycles. The summed E-state index contributed by atoms with van der Waals surface area (Å²) in [7, 11) is -2.61. The van der Waals surface area contributed by atoms with Gasteiger partial charge in [-0.25, -0.2) is 12.8 Å². The minimum absolute atomic E-state index is 0.0894. The molecule has 146 valence electrons. The number of thiophene rings is 1. The summed E-state index contributed by atoms with van der Waals surface area (Å²) in [5, 5.41) is 4.31. The van der Waals surface area contributed by atoms with Crippen molar-refractivity contribution in [2.45, 2.75) is 18.2 Å². The maximum absolute atomic E-state index is 13.1. The van der Waals surface area contributed by atoms with Gasteiger partial charge in [0.2, 0.25) is 0 Å². The molecule has 5 nitrogen and oxygen atoms in total. The van der Waals surface area contributed by atoms with E-state index in [9.17, 15) is 17.6 Å². The second kappa shape index (κ2) is 8.12. The van der Waals surface area contributed by atoms with Gasteiger partial charge in [0.15, 0.2) is 0 Å². The Bertz CT molecular complexity index is 1090. The van der Waals surface area contributed by atoms with Crippen LogP contribution in [0.15, 0.2) is 64.9 Å². The Morgan fingerprint density at radius 1 is 1.14 bits per heavy atom. The van der Waals surface area contributed by atoms with Crippen LogP contribution in [-0.4, -0.2) is 21.4 Å². The van der Waals surface area contributed by atoms with Gasteiger partial charge in [0.05, 0.1) is 5.69 Å². The molecule has 0 unspecified atom stereocenters. The van der Waals surface area contributed by atoms with Gasteiger partial charge in [-0.05, 0) is 59.8 Å². The summed E-state index contributed by atoms with van der Waals surface area (Å²) in [6.07, 6.45) is 0.824. The number of carbonyl (C=O) groups excluding carboxylic acids is 1. The Labute approximate surface area is 167 Å². The van der Waals surface area contributed by atoms with Crippen LogP contribution in [0.4, 0.5) is 15.8 Å². The van der Waals surface area contributed by atoms with Crippen molar-refractivity contribution in [2.75, 3.05) is 16.7 Å². The minimum atomic E-state index is -3.98. The molecule has 1 heterocycles. The summed E-state index contributed by atoms with van der Waals surface area (Å²) in [4.78, 5) is 12.7. The lowest BCUT2D eigenvalue weighted by Crippen LogP contribution is -2.28. The number of nitrogens with zero attached hydrogens (tertiary/aromatic N) is 1. The van der Waals surface area contributed by atoms with Crippen molar-refractivity contribution in [3.63, 3.8) is 0 Å². The molecule has 3 rings (SSSR count). The summed E-state index contributed by atoms with van der Waals surface area (Å²) in [6.45, 7) is 2.01. The fourth-order valence-electron chi connectivity index (χ4n) is 2.66. The van der Waals surface area contributed by atoms with Crippen molar-refractivity contribution in [1.82, 2.24) is 0 Å². The molecule has 0 aliphatic carbocycles. The molecule has 0 fully saturated rings. The van der Waals surface area contributed by atoms with E-state index in [0.29, 0.717) is 11.4 Å². The zero-order valence-corrected chi connectivity index (χ0v) is 17.0. The lowest BCUT2D eigenvalue weighted by atomic mass is 10.1. The van der Waals surface area contributed by atoms with Crippen molar-refractivity contribution in [1.29, 1.82) is 0 Å². The fraction of sp³-hybridized carbons (Fsp3) is 0.150. The lowest BCUT2D eigenvalue weighted by Gasteiger charge is -2.19. The SMILES string of the molecule is CCc1cccc(NC(=O)c2sccc2S(=O)(=O)N(C)c2ccc(F)cc2)c1. The quantitative estimate of drug-likeness (QED) is 0.640. The van der Waals surface area contributed by atoms with E-state index in [0.717, 1.165) is 27.6 Å². The van der Waals surface area contributed by atoms with E-state index in [4.69, 9.17) is 0 Å². The van der Waals surface area contributed by atoms with Crippen LogP contribution >= 0.6 is 11.3 Å². The molecule has 28 heavy (non-hydrogen) atoms. The molecule has 1 amide bonds. The van der Waals surface area contributed by atoms with E-state index >= 15 is 0 Å². The fourth-order valence-corrected chi connectivity index (χ4v) is 5.15. The number of sulfonamides is 1. The number of carbonyl (C=O) groups is 1. The van der Waals surface area contributed by atoms with Gasteiger partial charge in [-0.15, -0.1) is 11.3 Å². The smallest absolute Gasteiger partial charge is 0.267 e. The number of halogens is 1. The Kier molecular flexibility index (Phi) is 5.81. The van der Waals surface area contributed by atoms with E-state index in [1.54, 1.807) is 11.4 Å². The predicted molar refractivity (Wildman–Crippen MR) is 110 cm³/mol. The van der Waals surface area contributed by atoms with Crippen molar-refractivity contribution >= 4 is 38.6 Å². The molecule has 1 N–H and O–H groups in total. The average molecular weight is 419 g/mol. The maximum atomic E-state index is 13.1. The highest BCUT2D eigenvalue weighted by molar-refractivity contribution is 7.93. The van der Waals surface area contributed by atoms with Gasteiger partial charge in [-0.1, -0.05) is 19.1 Å². The third-order valence-corrected chi connectivity index (χ3v) is 7.13. The van der Waals surface area contributed by atoms with Crippen LogP contribution in [0.5, 0.6) is 0 Å². The molecular weight excluding hydrogens is 399 g/mol. The lowest BCUT2D eigenvalue weighted by molar-refractivity contribution is 0.102. The van der Waals surface area contributed by atoms with Gasteiger partial charge in [-0.2, -0.15) is 0 Å². The first-order chi connectivity index (χ1) is 13.3. The highest BCUT2D eigenvalue weighted by Gasteiger charge is 2.28. The van der Waals surface area contributed by atoms with E-state index in [1.165, 1.54) is 37.4 Å². The van der Waals surface area contributed by atoms with Crippen LogP contribution in [0.25, 0.3) is 0 Å². The van der Waals surface area contributed by atoms with Crippen molar-refractivity contribution in [3.05, 3.63) is 76.2 Å². The van der Waals surface area contributed by atoms with E-state index in [1.807, 2.05) is 25.1 Å². The largest absolute Gasteiger partial charge is 0.321 e. The van der Waals surface area contributed by atoms with Gasteiger partial charge >= 0.3 is 0 Å². The van der Waals surface area contributed by atoms with Crippen LogP contribution in [-0.2, 0) is 16.4 Å². The zero-order chi connectivity index (χ0) is 20.3. The highest BCUT2D eigenvalue weighted by Crippen LogP contribution is 2.28. The van der Waals surface area contributed by atoms with Crippen molar-refractivity contribution < 1.29 is 17.6 Å². The predicted octanol–water partition coefficient (Wildman–Crippen LogP) is 4.53. The van der Waals surface area contributed by atoms with Crippen molar-refractivity contribution in [2.24, 2.45) is 0 Å². The summed E-state index contributed by atoms with van der Waals surface area (Å²) in [5.41, 5.74) is 1.97. The first-order valence-electron chi connectivity index (χ1n) is 8.55. The first kappa shape index (κ1) is 20.0. The van der Waals surface area contributed by atoms with Gasteiger partial charge in [0.1, 0.15) is 15.6 Å². The summed E-state index contributed by atoms with van der Waals surface area (Å²) < 4.78 is 40.2. The van der Waals surface area contributed by atoms with Crippen LogP contribution in [0, 0.1) is 5.82 Å². The molecule has 0 saturated heterocycles. The number of aryl methyl sites for hydroxylation is 1. The molecule has 3 aromatic rings. The first-order valence-corrected chi connectivity index (χ1v) is 10.9. The number of benzene rings is 2. The Morgan fingerprint density at radius 3 is 2.54 bits per heavy atom. The second-order valence-corrected chi connectivity index (χ2v) is 8.92. The topological polar surface area (TPSA) is 66.5 Å². The number of anilines is 2. The van der Waals surface area contributed by atoms with E-state index in [-0.39, 0.29) is 9.77 Å². The molecule has 0 aliphatic rings. The molecule has 1 aromatic heterocycles. The van der Waals surface area contributed by atoms with Gasteiger partial charge in [0, 0.05) is 12.7 Å². The maximum Gasteiger partial charge on any atom is 0.267 e. The van der Waals surface area contributed by atoms with Crippen LogP contribution in [0.1, 0.15) is 22.2 Å². The average Bonchev–Trinajstić information content (AvgIpc) is 3.19. The summed E-state index contributed by atoms with van der Waals surface area (Å²) in [6, 6.07) is 13.9. The second-order valence-electron chi connectivity index (χ2n) is 6.07. The molecule has 0 radical (unpaired) electrons. The highest BCUT2D eigenvalue weighted by atomic mass is 32.2. The third-order valence-electron chi connectivity index (χ3n) is 4.26. The summed E-state index contributed by atoms with van der Waals surface area (Å²) in [5.74, 6) is -0.950. The van der Waals surface area contributed by atoms with Gasteiger partial charge in [-0.3, -0.25) is 9.10 Å². The van der Waals surface area contributed by atoms with Crippen molar-refractivity contribution in [3.8, 4) is 0 Å². The molecule has 0 saturated carbocycles. The minimum Gasteiger partial charge on any atom is -0.321 e. The Balaban J connectivity index is 1.89. The zero-order valence-electron chi connectivity index (χ0n) is 15.3. The Hall–Kier alpha value is -2.71. The molecule has 2 aromatic carbocycles. The third kappa shape index (κ3) is 4.07. The monoisotopic (exact) mass is 418 g/mol. The molecular formula is C20H19FN2O3S2. The van der Waals surface area contributed by atoms with Crippen LogP contribution in [0.3, 0.4) is 0 Å².